The molecule has 0 N–H and O–H groups in total. The number of aryl methyl sites for hydroxylation is 2. The van der Waals surface area contributed by atoms with Gasteiger partial charge in [0.25, 0.3) is 5.91 Å². The van der Waals surface area contributed by atoms with Gasteiger partial charge in [-0.3, -0.25) is 4.79 Å². The average Bonchev–Trinajstić information content (AvgIpc) is 3.03. The lowest BCUT2D eigenvalue weighted by molar-refractivity contribution is 0.0783. The van der Waals surface area contributed by atoms with E-state index in [1.54, 1.807) is 0 Å². The molecule has 0 saturated heterocycles. The highest BCUT2D eigenvalue weighted by Gasteiger charge is 2.20. The van der Waals surface area contributed by atoms with E-state index in [2.05, 4.69) is 48.9 Å². The topological polar surface area (TPSA) is 36.4 Å². The quantitative estimate of drug-likeness (QED) is 0.712. The lowest BCUT2D eigenvalue weighted by Gasteiger charge is -2.22. The Morgan fingerprint density at radius 2 is 1.80 bits per heavy atom. The van der Waals surface area contributed by atoms with E-state index in [1.165, 1.54) is 16.9 Å². The summed E-state index contributed by atoms with van der Waals surface area (Å²) in [4.78, 5) is 22.4. The SMILES string of the molecule is CCc1ccccc1-c1nc(C)c(C(=O)N(C)CCN(CC)CC)s1. The first-order valence-electron chi connectivity index (χ1n) is 9.05. The van der Waals surface area contributed by atoms with Crippen molar-refractivity contribution >= 4 is 17.2 Å². The highest BCUT2D eigenvalue weighted by atomic mass is 32.1. The summed E-state index contributed by atoms with van der Waals surface area (Å²) in [6, 6.07) is 8.30. The van der Waals surface area contributed by atoms with Gasteiger partial charge >= 0.3 is 0 Å². The number of thiazole rings is 1. The Morgan fingerprint density at radius 1 is 1.12 bits per heavy atom. The molecular formula is C20H29N3OS. The summed E-state index contributed by atoms with van der Waals surface area (Å²) in [6.45, 7) is 12.0. The van der Waals surface area contributed by atoms with E-state index in [4.69, 9.17) is 0 Å². The van der Waals surface area contributed by atoms with Gasteiger partial charge in [-0.1, -0.05) is 45.0 Å². The Balaban J connectivity index is 2.17. The van der Waals surface area contributed by atoms with Crippen LogP contribution in [0.5, 0.6) is 0 Å². The molecule has 136 valence electrons. The third-order valence-corrected chi connectivity index (χ3v) is 5.79. The van der Waals surface area contributed by atoms with Gasteiger partial charge in [0.2, 0.25) is 0 Å². The third-order valence-electron chi connectivity index (χ3n) is 4.61. The van der Waals surface area contributed by atoms with Crippen molar-refractivity contribution in [3.05, 3.63) is 40.4 Å². The van der Waals surface area contributed by atoms with Crippen LogP contribution in [-0.4, -0.2) is 53.9 Å². The third kappa shape index (κ3) is 4.67. The van der Waals surface area contributed by atoms with E-state index >= 15 is 0 Å². The van der Waals surface area contributed by atoms with Gasteiger partial charge in [0.15, 0.2) is 0 Å². The molecule has 0 atom stereocenters. The molecule has 0 spiro atoms. The highest BCUT2D eigenvalue weighted by Crippen LogP contribution is 2.31. The first kappa shape index (κ1) is 19.6. The second-order valence-corrected chi connectivity index (χ2v) is 7.20. The molecule has 0 saturated carbocycles. The number of nitrogens with zero attached hydrogens (tertiary/aromatic N) is 3. The van der Waals surface area contributed by atoms with Gasteiger partial charge in [0.1, 0.15) is 9.88 Å². The van der Waals surface area contributed by atoms with Crippen molar-refractivity contribution in [2.45, 2.75) is 34.1 Å². The molecule has 0 aliphatic rings. The largest absolute Gasteiger partial charge is 0.340 e. The van der Waals surface area contributed by atoms with E-state index in [0.29, 0.717) is 0 Å². The number of benzene rings is 1. The average molecular weight is 360 g/mol. The molecule has 1 aromatic carbocycles. The zero-order valence-corrected chi connectivity index (χ0v) is 16.8. The van der Waals surface area contributed by atoms with Crippen molar-refractivity contribution in [3.8, 4) is 10.6 Å². The van der Waals surface area contributed by atoms with Crippen LogP contribution in [0.1, 0.15) is 41.7 Å². The smallest absolute Gasteiger partial charge is 0.265 e. The molecule has 0 radical (unpaired) electrons. The monoisotopic (exact) mass is 359 g/mol. The molecule has 2 rings (SSSR count). The van der Waals surface area contributed by atoms with Crippen LogP contribution in [0.4, 0.5) is 0 Å². The van der Waals surface area contributed by atoms with E-state index in [-0.39, 0.29) is 5.91 Å². The van der Waals surface area contributed by atoms with Crippen LogP contribution in [0.25, 0.3) is 10.6 Å². The molecule has 0 fully saturated rings. The summed E-state index contributed by atoms with van der Waals surface area (Å²) in [5.74, 6) is 0.0717. The highest BCUT2D eigenvalue weighted by molar-refractivity contribution is 7.17. The number of likely N-dealkylation sites (N-methyl/N-ethyl adjacent to an activating group) is 2. The Kier molecular flexibility index (Phi) is 7.14. The number of amides is 1. The normalized spacial score (nSPS) is 11.1. The minimum atomic E-state index is 0.0717. The summed E-state index contributed by atoms with van der Waals surface area (Å²) in [5, 5.41) is 0.940. The molecule has 0 aliphatic carbocycles. The predicted molar refractivity (Wildman–Crippen MR) is 106 cm³/mol. The Morgan fingerprint density at radius 3 is 2.44 bits per heavy atom. The van der Waals surface area contributed by atoms with Crippen molar-refractivity contribution in [2.24, 2.45) is 0 Å². The molecule has 0 aliphatic heterocycles. The van der Waals surface area contributed by atoms with E-state index in [9.17, 15) is 4.79 Å². The molecule has 0 unspecified atom stereocenters. The number of hydrogen-bond acceptors (Lipinski definition) is 4. The molecule has 1 amide bonds. The standard InChI is InChI=1S/C20H29N3OS/c1-6-16-11-9-10-12-17(16)19-21-15(4)18(25-19)20(24)22(5)13-14-23(7-2)8-3/h9-12H,6-8,13-14H2,1-5H3. The first-order valence-corrected chi connectivity index (χ1v) is 9.86. The van der Waals surface area contributed by atoms with Crippen molar-refractivity contribution in [1.82, 2.24) is 14.8 Å². The fraction of sp³-hybridized carbons (Fsp3) is 0.500. The van der Waals surface area contributed by atoms with Gasteiger partial charge in [0.05, 0.1) is 5.69 Å². The van der Waals surface area contributed by atoms with Crippen LogP contribution in [-0.2, 0) is 6.42 Å². The molecule has 25 heavy (non-hydrogen) atoms. The van der Waals surface area contributed by atoms with E-state index < -0.39 is 0 Å². The van der Waals surface area contributed by atoms with Crippen molar-refractivity contribution in [1.29, 1.82) is 0 Å². The minimum absolute atomic E-state index is 0.0717. The summed E-state index contributed by atoms with van der Waals surface area (Å²) < 4.78 is 0. The van der Waals surface area contributed by atoms with Gasteiger partial charge in [-0.15, -0.1) is 11.3 Å². The Labute approximate surface area is 155 Å². The summed E-state index contributed by atoms with van der Waals surface area (Å²) >= 11 is 1.51. The fourth-order valence-electron chi connectivity index (χ4n) is 2.85. The summed E-state index contributed by atoms with van der Waals surface area (Å²) in [7, 11) is 1.88. The van der Waals surface area contributed by atoms with Gasteiger partial charge in [0, 0.05) is 25.7 Å². The van der Waals surface area contributed by atoms with Crippen LogP contribution < -0.4 is 0 Å². The molecule has 0 bridgehead atoms. The maximum atomic E-state index is 12.8. The lowest BCUT2D eigenvalue weighted by Crippen LogP contribution is -2.36. The van der Waals surface area contributed by atoms with Gasteiger partial charge < -0.3 is 9.80 Å². The van der Waals surface area contributed by atoms with E-state index in [1.807, 2.05) is 24.9 Å². The minimum Gasteiger partial charge on any atom is -0.340 e. The van der Waals surface area contributed by atoms with Crippen LogP contribution >= 0.6 is 11.3 Å². The van der Waals surface area contributed by atoms with Gasteiger partial charge in [-0.25, -0.2) is 4.98 Å². The van der Waals surface area contributed by atoms with Gasteiger partial charge in [-0.2, -0.15) is 0 Å². The van der Waals surface area contributed by atoms with E-state index in [0.717, 1.165) is 53.7 Å². The molecule has 1 aromatic heterocycles. The zero-order chi connectivity index (χ0) is 18.4. The molecule has 2 aromatic rings. The number of carbonyl (C=O) groups excluding carboxylic acids is 1. The zero-order valence-electron chi connectivity index (χ0n) is 16.0. The Bertz CT molecular complexity index is 707. The maximum Gasteiger partial charge on any atom is 0.265 e. The number of hydrogen-bond donors (Lipinski definition) is 0. The van der Waals surface area contributed by atoms with Crippen LogP contribution in [0.15, 0.2) is 24.3 Å². The molecule has 4 nitrogen and oxygen atoms in total. The van der Waals surface area contributed by atoms with Crippen LogP contribution in [0, 0.1) is 6.92 Å². The second kappa shape index (κ2) is 9.11. The molecule has 1 heterocycles. The van der Waals surface area contributed by atoms with Crippen molar-refractivity contribution < 1.29 is 4.79 Å². The van der Waals surface area contributed by atoms with Crippen molar-refractivity contribution in [2.75, 3.05) is 33.2 Å². The fourth-order valence-corrected chi connectivity index (χ4v) is 3.97. The number of aromatic nitrogens is 1. The second-order valence-electron chi connectivity index (χ2n) is 6.20. The lowest BCUT2D eigenvalue weighted by atomic mass is 10.1. The summed E-state index contributed by atoms with van der Waals surface area (Å²) in [5.41, 5.74) is 3.23. The Hall–Kier alpha value is -1.72. The van der Waals surface area contributed by atoms with Crippen molar-refractivity contribution in [3.63, 3.8) is 0 Å². The maximum absolute atomic E-state index is 12.8. The number of rotatable bonds is 8. The predicted octanol–water partition coefficient (Wildman–Crippen LogP) is 4.09. The first-order chi connectivity index (χ1) is 12.0. The molecular weight excluding hydrogens is 330 g/mol. The van der Waals surface area contributed by atoms with Gasteiger partial charge in [-0.05, 0) is 32.0 Å². The molecule has 5 heteroatoms. The number of carbonyl (C=O) groups is 1. The summed E-state index contributed by atoms with van der Waals surface area (Å²) in [6.07, 6.45) is 0.960. The van der Waals surface area contributed by atoms with Crippen LogP contribution in [0.2, 0.25) is 0 Å². The van der Waals surface area contributed by atoms with Crippen LogP contribution in [0.3, 0.4) is 0 Å².